The predicted molar refractivity (Wildman–Crippen MR) is 108 cm³/mol. The van der Waals surface area contributed by atoms with E-state index in [1.807, 2.05) is 51.1 Å². The van der Waals surface area contributed by atoms with Gasteiger partial charge in [0.2, 0.25) is 11.8 Å². The van der Waals surface area contributed by atoms with E-state index >= 15 is 0 Å². The minimum Gasteiger partial charge on any atom is -0.420 e. The van der Waals surface area contributed by atoms with Crippen LogP contribution < -0.4 is 5.56 Å². The topological polar surface area (TPSA) is 73.8 Å². The van der Waals surface area contributed by atoms with Gasteiger partial charge in [-0.15, -0.1) is 21.5 Å². The van der Waals surface area contributed by atoms with Gasteiger partial charge in [-0.05, 0) is 38.5 Å². The minimum absolute atomic E-state index is 0.0161. The molecule has 0 unspecified atom stereocenters. The van der Waals surface area contributed by atoms with E-state index in [1.165, 1.54) is 11.8 Å². The summed E-state index contributed by atoms with van der Waals surface area (Å²) in [4.78, 5) is 19.5. The van der Waals surface area contributed by atoms with Crippen molar-refractivity contribution in [1.82, 2.24) is 19.7 Å². The zero-order valence-electron chi connectivity index (χ0n) is 15.2. The summed E-state index contributed by atoms with van der Waals surface area (Å²) in [7, 11) is 0. The second kappa shape index (κ2) is 7.28. The molecule has 0 spiro atoms. The fraction of sp³-hybridized carbons (Fsp3) is 0.263. The Morgan fingerprint density at radius 3 is 2.70 bits per heavy atom. The highest BCUT2D eigenvalue weighted by Gasteiger charge is 2.17. The van der Waals surface area contributed by atoms with Crippen LogP contribution in [0.1, 0.15) is 23.3 Å². The van der Waals surface area contributed by atoms with E-state index in [0.29, 0.717) is 29.2 Å². The average molecular weight is 399 g/mol. The second-order valence-corrected chi connectivity index (χ2v) is 8.21. The zero-order chi connectivity index (χ0) is 19.0. The second-order valence-electron chi connectivity index (χ2n) is 6.06. The largest absolute Gasteiger partial charge is 0.420 e. The van der Waals surface area contributed by atoms with Crippen molar-refractivity contribution in [1.29, 1.82) is 0 Å². The SMILES string of the molecule is CCn1c(SCc2nnc(-c3ccccc3)o2)nc2sc(C)c(C)c2c1=O. The smallest absolute Gasteiger partial charge is 0.263 e. The van der Waals surface area contributed by atoms with Crippen molar-refractivity contribution in [2.45, 2.75) is 38.2 Å². The maximum Gasteiger partial charge on any atom is 0.263 e. The Labute approximate surface area is 164 Å². The van der Waals surface area contributed by atoms with Crippen molar-refractivity contribution in [3.05, 3.63) is 57.0 Å². The number of hydrogen-bond acceptors (Lipinski definition) is 7. The molecule has 0 saturated carbocycles. The van der Waals surface area contributed by atoms with Crippen molar-refractivity contribution in [2.24, 2.45) is 0 Å². The molecule has 8 heteroatoms. The lowest BCUT2D eigenvalue weighted by Crippen LogP contribution is -2.22. The Morgan fingerprint density at radius 2 is 1.96 bits per heavy atom. The summed E-state index contributed by atoms with van der Waals surface area (Å²) in [5.74, 6) is 1.46. The monoisotopic (exact) mass is 398 g/mol. The van der Waals surface area contributed by atoms with Crippen molar-refractivity contribution >= 4 is 33.3 Å². The van der Waals surface area contributed by atoms with Gasteiger partial charge in [-0.2, -0.15) is 0 Å². The van der Waals surface area contributed by atoms with Gasteiger partial charge in [-0.1, -0.05) is 30.0 Å². The van der Waals surface area contributed by atoms with Crippen LogP contribution in [0.15, 0.2) is 44.7 Å². The van der Waals surface area contributed by atoms with Gasteiger partial charge in [0, 0.05) is 17.0 Å². The number of nitrogens with zero attached hydrogens (tertiary/aromatic N) is 4. The number of aryl methyl sites for hydroxylation is 2. The molecule has 0 bridgehead atoms. The predicted octanol–water partition coefficient (Wildman–Crippen LogP) is 4.44. The van der Waals surface area contributed by atoms with E-state index in [-0.39, 0.29) is 5.56 Å². The molecule has 6 nitrogen and oxygen atoms in total. The first-order valence-corrected chi connectivity index (χ1v) is 10.4. The molecule has 3 aromatic heterocycles. The van der Waals surface area contributed by atoms with E-state index in [0.717, 1.165) is 26.2 Å². The zero-order valence-corrected chi connectivity index (χ0v) is 16.9. The van der Waals surface area contributed by atoms with Gasteiger partial charge in [0.05, 0.1) is 11.1 Å². The minimum atomic E-state index is 0.0161. The van der Waals surface area contributed by atoms with Gasteiger partial charge in [0.25, 0.3) is 5.56 Å². The lowest BCUT2D eigenvalue weighted by Gasteiger charge is -2.08. The van der Waals surface area contributed by atoms with Gasteiger partial charge in [0.15, 0.2) is 5.16 Å². The first kappa shape index (κ1) is 17.9. The molecule has 0 N–H and O–H groups in total. The maximum atomic E-state index is 12.9. The van der Waals surface area contributed by atoms with Crippen LogP contribution in [-0.2, 0) is 12.3 Å². The molecule has 0 saturated heterocycles. The summed E-state index contributed by atoms with van der Waals surface area (Å²) in [5, 5.41) is 9.63. The van der Waals surface area contributed by atoms with Gasteiger partial charge < -0.3 is 4.42 Å². The van der Waals surface area contributed by atoms with Gasteiger partial charge in [-0.25, -0.2) is 4.98 Å². The first-order chi connectivity index (χ1) is 13.1. The molecule has 0 atom stereocenters. The highest BCUT2D eigenvalue weighted by molar-refractivity contribution is 7.98. The molecule has 0 aliphatic heterocycles. The van der Waals surface area contributed by atoms with Crippen LogP contribution in [0.4, 0.5) is 0 Å². The standard InChI is InChI=1S/C19H18N4O2S2/c1-4-23-18(24)15-11(2)12(3)27-17(15)20-19(23)26-10-14-21-22-16(25-14)13-8-6-5-7-9-13/h5-9H,4,10H2,1-3H3. The fourth-order valence-electron chi connectivity index (χ4n) is 2.83. The quantitative estimate of drug-likeness (QED) is 0.366. The van der Waals surface area contributed by atoms with E-state index in [1.54, 1.807) is 15.9 Å². The van der Waals surface area contributed by atoms with Gasteiger partial charge >= 0.3 is 0 Å². The lowest BCUT2D eigenvalue weighted by atomic mass is 10.2. The Morgan fingerprint density at radius 1 is 1.19 bits per heavy atom. The Kier molecular flexibility index (Phi) is 4.84. The van der Waals surface area contributed by atoms with Crippen molar-refractivity contribution in [3.63, 3.8) is 0 Å². The van der Waals surface area contributed by atoms with Crippen LogP contribution in [0, 0.1) is 13.8 Å². The fourth-order valence-corrected chi connectivity index (χ4v) is 4.80. The molecular weight excluding hydrogens is 380 g/mol. The van der Waals surface area contributed by atoms with Crippen LogP contribution in [-0.4, -0.2) is 19.7 Å². The summed E-state index contributed by atoms with van der Waals surface area (Å²) >= 11 is 3.00. The summed E-state index contributed by atoms with van der Waals surface area (Å²) in [5.41, 5.74) is 1.92. The number of fused-ring (bicyclic) bond motifs is 1. The van der Waals surface area contributed by atoms with Crippen LogP contribution in [0.5, 0.6) is 0 Å². The lowest BCUT2D eigenvalue weighted by molar-refractivity contribution is 0.527. The summed E-state index contributed by atoms with van der Waals surface area (Å²) < 4.78 is 7.46. The molecule has 4 aromatic rings. The molecule has 27 heavy (non-hydrogen) atoms. The first-order valence-electron chi connectivity index (χ1n) is 8.59. The van der Waals surface area contributed by atoms with Crippen LogP contribution in [0.3, 0.4) is 0 Å². The molecule has 0 amide bonds. The average Bonchev–Trinajstić information content (AvgIpc) is 3.26. The third-order valence-corrected chi connectivity index (χ3v) is 6.44. The Bertz CT molecular complexity index is 1160. The molecule has 3 heterocycles. The summed E-state index contributed by atoms with van der Waals surface area (Å²) in [6.07, 6.45) is 0. The van der Waals surface area contributed by atoms with Crippen LogP contribution in [0.2, 0.25) is 0 Å². The maximum absolute atomic E-state index is 12.9. The molecule has 0 fully saturated rings. The van der Waals surface area contributed by atoms with Gasteiger partial charge in [-0.3, -0.25) is 9.36 Å². The Hall–Kier alpha value is -2.45. The molecular formula is C19H18N4O2S2. The molecule has 0 aliphatic rings. The highest BCUT2D eigenvalue weighted by Crippen LogP contribution is 2.29. The van der Waals surface area contributed by atoms with Gasteiger partial charge in [0.1, 0.15) is 4.83 Å². The molecule has 0 radical (unpaired) electrons. The summed E-state index contributed by atoms with van der Waals surface area (Å²) in [6, 6.07) is 9.65. The Balaban J connectivity index is 1.63. The number of aromatic nitrogens is 4. The van der Waals surface area contributed by atoms with Crippen molar-refractivity contribution < 1.29 is 4.42 Å². The number of thioether (sulfide) groups is 1. The molecule has 138 valence electrons. The molecule has 1 aromatic carbocycles. The number of hydrogen-bond donors (Lipinski definition) is 0. The number of benzene rings is 1. The third kappa shape index (κ3) is 3.30. The van der Waals surface area contributed by atoms with E-state index in [9.17, 15) is 4.79 Å². The van der Waals surface area contributed by atoms with Crippen molar-refractivity contribution in [3.8, 4) is 11.5 Å². The van der Waals surface area contributed by atoms with E-state index < -0.39 is 0 Å². The van der Waals surface area contributed by atoms with Crippen LogP contribution in [0.25, 0.3) is 21.7 Å². The third-order valence-electron chi connectivity index (χ3n) is 4.38. The highest BCUT2D eigenvalue weighted by atomic mass is 32.2. The molecule has 4 rings (SSSR count). The van der Waals surface area contributed by atoms with E-state index in [4.69, 9.17) is 9.40 Å². The number of thiophene rings is 1. The van der Waals surface area contributed by atoms with E-state index in [2.05, 4.69) is 10.2 Å². The normalized spacial score (nSPS) is 11.4. The van der Waals surface area contributed by atoms with Crippen LogP contribution >= 0.6 is 23.1 Å². The van der Waals surface area contributed by atoms with Crippen molar-refractivity contribution in [2.75, 3.05) is 0 Å². The molecule has 0 aliphatic carbocycles. The summed E-state index contributed by atoms with van der Waals surface area (Å²) in [6.45, 7) is 6.52. The number of rotatable bonds is 5.